The van der Waals surface area contributed by atoms with Crippen molar-refractivity contribution < 1.29 is 24.1 Å². The lowest BCUT2D eigenvalue weighted by Crippen LogP contribution is -2.40. The summed E-state index contributed by atoms with van der Waals surface area (Å²) < 4.78 is 16.2. The molecular weight excluding hydrogens is 480 g/mol. The van der Waals surface area contributed by atoms with E-state index in [1.807, 2.05) is 67.5 Å². The Morgan fingerprint density at radius 1 is 0.947 bits per heavy atom. The minimum atomic E-state index is -0.527. The summed E-state index contributed by atoms with van der Waals surface area (Å²) in [4.78, 5) is 15.6. The van der Waals surface area contributed by atoms with Gasteiger partial charge in [-0.2, -0.15) is 0 Å². The van der Waals surface area contributed by atoms with Crippen LogP contribution in [-0.4, -0.2) is 57.4 Å². The molecule has 0 aliphatic heterocycles. The molecule has 1 unspecified atom stereocenters. The highest BCUT2D eigenvalue weighted by Gasteiger charge is 2.34. The van der Waals surface area contributed by atoms with Crippen LogP contribution in [0.3, 0.4) is 0 Å². The second-order valence-corrected chi connectivity index (χ2v) is 9.34. The summed E-state index contributed by atoms with van der Waals surface area (Å²) >= 11 is 0. The maximum Gasteiger partial charge on any atom is 0.246 e. The van der Waals surface area contributed by atoms with Crippen LogP contribution >= 0.6 is 0 Å². The largest absolute Gasteiger partial charge is 0.502 e. The van der Waals surface area contributed by atoms with Crippen molar-refractivity contribution in [1.82, 2.24) is 4.90 Å². The first-order valence-electron chi connectivity index (χ1n) is 12.3. The molecule has 0 spiro atoms. The fourth-order valence-corrected chi connectivity index (χ4v) is 4.91. The highest BCUT2D eigenvalue weighted by molar-refractivity contribution is 6.11. The van der Waals surface area contributed by atoms with Crippen molar-refractivity contribution in [3.63, 3.8) is 0 Å². The zero-order valence-corrected chi connectivity index (χ0v) is 22.7. The molecule has 0 bridgehead atoms. The molecule has 0 fully saturated rings. The number of carbonyl (C=O) groups is 1. The third-order valence-electron chi connectivity index (χ3n) is 6.78. The number of hydrogen-bond donors (Lipinski definition) is 2. The number of nitrogens with zero attached hydrogens (tertiary/aromatic N) is 1. The van der Waals surface area contributed by atoms with Gasteiger partial charge in [-0.15, -0.1) is 0 Å². The van der Waals surface area contributed by atoms with Gasteiger partial charge in [-0.25, -0.2) is 0 Å². The van der Waals surface area contributed by atoms with Crippen molar-refractivity contribution in [2.45, 2.75) is 19.4 Å². The zero-order chi connectivity index (χ0) is 27.4. The minimum absolute atomic E-state index is 0.0265. The third-order valence-corrected chi connectivity index (χ3v) is 6.78. The molecule has 2 N–H and O–H groups in total. The van der Waals surface area contributed by atoms with Crippen LogP contribution in [0.25, 0.3) is 11.1 Å². The van der Waals surface area contributed by atoms with Crippen LogP contribution in [-0.2, 0) is 11.2 Å². The number of likely N-dealkylation sites (N-methyl/N-ethyl adjacent to an activating group) is 1. The predicted octanol–water partition coefficient (Wildman–Crippen LogP) is 5.40. The molecule has 3 aromatic carbocycles. The van der Waals surface area contributed by atoms with Gasteiger partial charge >= 0.3 is 0 Å². The number of carbonyl (C=O) groups excluding carboxylic acids is 1. The van der Waals surface area contributed by atoms with Crippen LogP contribution in [0.4, 0.5) is 5.69 Å². The van der Waals surface area contributed by atoms with E-state index in [0.29, 0.717) is 17.9 Å². The summed E-state index contributed by atoms with van der Waals surface area (Å²) in [5.74, 6) is 1.30. The molecule has 0 radical (unpaired) electrons. The fourth-order valence-electron chi connectivity index (χ4n) is 4.91. The van der Waals surface area contributed by atoms with Crippen molar-refractivity contribution in [3.8, 4) is 23.0 Å². The lowest BCUT2D eigenvalue weighted by molar-refractivity contribution is -0.118. The van der Waals surface area contributed by atoms with Crippen molar-refractivity contribution in [2.75, 3.05) is 40.7 Å². The van der Waals surface area contributed by atoms with Crippen LogP contribution in [0.1, 0.15) is 23.6 Å². The average Bonchev–Trinajstić information content (AvgIpc) is 3.18. The van der Waals surface area contributed by atoms with E-state index in [0.717, 1.165) is 44.8 Å². The number of rotatable bonds is 9. The lowest BCUT2D eigenvalue weighted by atomic mass is 9.96. The maximum atomic E-state index is 13.6. The molecule has 1 aliphatic rings. The van der Waals surface area contributed by atoms with Gasteiger partial charge in [0.25, 0.3) is 0 Å². The first-order chi connectivity index (χ1) is 18.3. The van der Waals surface area contributed by atoms with Gasteiger partial charge in [0.2, 0.25) is 11.7 Å². The summed E-state index contributed by atoms with van der Waals surface area (Å²) in [5.41, 5.74) is 6.68. The van der Waals surface area contributed by atoms with Gasteiger partial charge in [-0.1, -0.05) is 30.3 Å². The number of allylic oxidation sites excluding steroid dienone is 3. The number of benzene rings is 3. The number of methoxy groups -OCH3 is 3. The van der Waals surface area contributed by atoms with Crippen LogP contribution in [0, 0.1) is 0 Å². The van der Waals surface area contributed by atoms with Crippen LogP contribution < -0.4 is 19.5 Å². The predicted molar refractivity (Wildman–Crippen MR) is 151 cm³/mol. The first kappa shape index (κ1) is 26.8. The average molecular weight is 515 g/mol. The number of ether oxygens (including phenoxy) is 3. The number of phenols is 1. The molecule has 38 heavy (non-hydrogen) atoms. The van der Waals surface area contributed by atoms with E-state index in [1.54, 1.807) is 19.2 Å². The number of amides is 1. The Balaban J connectivity index is 1.79. The summed E-state index contributed by atoms with van der Waals surface area (Å²) in [6, 6.07) is 18.5. The first-order valence-corrected chi connectivity index (χ1v) is 12.3. The molecule has 0 saturated heterocycles. The standard InChI is InChI=1S/C31H34N2O5/c1-19-23(14-12-20-16-26(37-5)30(34)27(17-20)38-6)24-15-13-22(36-4)18-25(24)28(19)29(33(2)3)31(35)32-21-10-8-7-9-11-21/h7-11,13-18,29,34H,12H2,1-6H3,(H,32,35)/b23-14-. The number of para-hydroxylation sites is 1. The van der Waals surface area contributed by atoms with Crippen molar-refractivity contribution >= 4 is 22.7 Å². The minimum Gasteiger partial charge on any atom is -0.502 e. The van der Waals surface area contributed by atoms with Crippen LogP contribution in [0.15, 0.2) is 72.3 Å². The molecule has 1 atom stereocenters. The van der Waals surface area contributed by atoms with E-state index >= 15 is 0 Å². The smallest absolute Gasteiger partial charge is 0.246 e. The van der Waals surface area contributed by atoms with Crippen molar-refractivity contribution in [2.24, 2.45) is 0 Å². The molecule has 1 aliphatic carbocycles. The zero-order valence-electron chi connectivity index (χ0n) is 22.7. The highest BCUT2D eigenvalue weighted by Crippen LogP contribution is 2.45. The Kier molecular flexibility index (Phi) is 8.08. The van der Waals surface area contributed by atoms with Gasteiger partial charge < -0.3 is 24.6 Å². The molecule has 0 saturated carbocycles. The van der Waals surface area contributed by atoms with Gasteiger partial charge in [0.15, 0.2) is 11.5 Å². The normalized spacial score (nSPS) is 14.4. The van der Waals surface area contributed by atoms with Gasteiger partial charge in [-0.05, 0) is 97.2 Å². The molecule has 3 aromatic rings. The monoisotopic (exact) mass is 514 g/mol. The van der Waals surface area contributed by atoms with Crippen molar-refractivity contribution in [3.05, 3.63) is 89.0 Å². The summed E-state index contributed by atoms with van der Waals surface area (Å²) in [5, 5.41) is 13.4. The number of fused-ring (bicyclic) bond motifs is 1. The van der Waals surface area contributed by atoms with Gasteiger partial charge in [0.1, 0.15) is 11.8 Å². The van der Waals surface area contributed by atoms with Crippen molar-refractivity contribution in [1.29, 1.82) is 0 Å². The second-order valence-electron chi connectivity index (χ2n) is 9.34. The van der Waals surface area contributed by atoms with E-state index in [-0.39, 0.29) is 11.7 Å². The number of aromatic hydroxyl groups is 1. The van der Waals surface area contributed by atoms with E-state index in [2.05, 4.69) is 18.3 Å². The Bertz CT molecular complexity index is 1370. The second kappa shape index (κ2) is 11.4. The molecule has 0 aromatic heterocycles. The molecule has 1 amide bonds. The lowest BCUT2D eigenvalue weighted by Gasteiger charge is -2.26. The summed E-state index contributed by atoms with van der Waals surface area (Å²) in [6.07, 6.45) is 2.71. The molecule has 0 heterocycles. The SMILES string of the molecule is COc1ccc2c(c1)C(C(C(=O)Nc1ccccc1)N(C)C)=C(C)/C2=C/Cc1cc(OC)c(O)c(OC)c1. The number of anilines is 1. The summed E-state index contributed by atoms with van der Waals surface area (Å²) in [7, 11) is 8.48. The van der Waals surface area contributed by atoms with Gasteiger partial charge in [-0.3, -0.25) is 9.69 Å². The van der Waals surface area contributed by atoms with Gasteiger partial charge in [0.05, 0.1) is 21.3 Å². The van der Waals surface area contributed by atoms with E-state index in [1.165, 1.54) is 14.2 Å². The van der Waals surface area contributed by atoms with Crippen LogP contribution in [0.2, 0.25) is 0 Å². The molecular formula is C31H34N2O5. The van der Waals surface area contributed by atoms with E-state index in [4.69, 9.17) is 14.2 Å². The Morgan fingerprint density at radius 2 is 1.61 bits per heavy atom. The Labute approximate surface area is 224 Å². The number of hydrogen-bond acceptors (Lipinski definition) is 6. The maximum absolute atomic E-state index is 13.6. The molecule has 198 valence electrons. The topological polar surface area (TPSA) is 80.3 Å². The van der Waals surface area contributed by atoms with Crippen LogP contribution in [0.5, 0.6) is 23.0 Å². The molecule has 7 heteroatoms. The van der Waals surface area contributed by atoms with E-state index < -0.39 is 6.04 Å². The Hall–Kier alpha value is -4.23. The fraction of sp³-hybridized carbons (Fsp3) is 0.258. The summed E-state index contributed by atoms with van der Waals surface area (Å²) in [6.45, 7) is 2.05. The Morgan fingerprint density at radius 3 is 2.18 bits per heavy atom. The number of phenolic OH excluding ortho intramolecular Hbond substituents is 1. The highest BCUT2D eigenvalue weighted by atomic mass is 16.5. The third kappa shape index (κ3) is 5.24. The van der Waals surface area contributed by atoms with E-state index in [9.17, 15) is 9.90 Å². The molecule has 7 nitrogen and oxygen atoms in total. The molecule has 4 rings (SSSR count). The number of nitrogens with one attached hydrogen (secondary N) is 1. The quantitative estimate of drug-likeness (QED) is 0.398. The van der Waals surface area contributed by atoms with Gasteiger partial charge in [0, 0.05) is 5.69 Å².